The zero-order valence-corrected chi connectivity index (χ0v) is 11.5. The van der Waals surface area contributed by atoms with Crippen LogP contribution in [0.4, 0.5) is 5.69 Å². The lowest BCUT2D eigenvalue weighted by atomic mass is 10.2. The number of nitrogens with one attached hydrogen (secondary N) is 3. The molecule has 0 spiro atoms. The summed E-state index contributed by atoms with van der Waals surface area (Å²) >= 11 is 0. The van der Waals surface area contributed by atoms with Gasteiger partial charge in [-0.05, 0) is 35.9 Å². The Bertz CT molecular complexity index is 813. The van der Waals surface area contributed by atoms with Gasteiger partial charge in [-0.3, -0.25) is 19.7 Å². The summed E-state index contributed by atoms with van der Waals surface area (Å²) < 4.78 is 0. The number of anilines is 1. The molecule has 3 aromatic rings. The third kappa shape index (κ3) is 3.09. The molecule has 2 amide bonds. The second kappa shape index (κ2) is 6.04. The minimum Gasteiger partial charge on any atom is -0.344 e. The number of benzene rings is 1. The van der Waals surface area contributed by atoms with Crippen LogP contribution in [0.25, 0.3) is 10.9 Å². The van der Waals surface area contributed by atoms with Crippen molar-refractivity contribution >= 4 is 28.4 Å². The molecule has 1 aromatic carbocycles. The van der Waals surface area contributed by atoms with Gasteiger partial charge in [0, 0.05) is 30.0 Å². The van der Waals surface area contributed by atoms with Crippen LogP contribution in [0.3, 0.4) is 0 Å². The molecule has 0 saturated heterocycles. The highest BCUT2D eigenvalue weighted by molar-refractivity contribution is 6.39. The second-order valence-electron chi connectivity index (χ2n) is 4.66. The molecule has 0 aliphatic heterocycles. The van der Waals surface area contributed by atoms with Gasteiger partial charge in [-0.25, -0.2) is 0 Å². The highest BCUT2D eigenvalue weighted by Gasteiger charge is 2.13. The van der Waals surface area contributed by atoms with Crippen LogP contribution in [0.1, 0.15) is 5.56 Å². The van der Waals surface area contributed by atoms with E-state index >= 15 is 0 Å². The largest absolute Gasteiger partial charge is 0.344 e. The van der Waals surface area contributed by atoms with E-state index in [1.54, 1.807) is 42.9 Å². The first-order valence-corrected chi connectivity index (χ1v) is 6.63. The predicted molar refractivity (Wildman–Crippen MR) is 80.8 cm³/mol. The predicted octanol–water partition coefficient (Wildman–Crippen LogP) is 1.21. The summed E-state index contributed by atoms with van der Waals surface area (Å²) in [5.74, 6) is -1.41. The third-order valence-corrected chi connectivity index (χ3v) is 3.11. The summed E-state index contributed by atoms with van der Waals surface area (Å²) in [5, 5.41) is 12.7. The highest BCUT2D eigenvalue weighted by atomic mass is 16.2. The molecule has 2 heterocycles. The minimum atomic E-state index is -0.715. The van der Waals surface area contributed by atoms with E-state index in [1.807, 2.05) is 6.07 Å². The molecule has 0 aliphatic rings. The van der Waals surface area contributed by atoms with E-state index in [0.717, 1.165) is 16.5 Å². The van der Waals surface area contributed by atoms with E-state index < -0.39 is 11.8 Å². The van der Waals surface area contributed by atoms with Gasteiger partial charge in [0.05, 0.1) is 11.7 Å². The molecular weight excluding hydrogens is 282 g/mol. The molecule has 3 rings (SSSR count). The van der Waals surface area contributed by atoms with Gasteiger partial charge >= 0.3 is 11.8 Å². The van der Waals surface area contributed by atoms with Gasteiger partial charge in [0.15, 0.2) is 0 Å². The standard InChI is InChI=1S/C15H13N5O2/c21-14(17-8-10-3-5-16-6-4-10)15(22)19-12-2-1-11-9-18-20-13(11)7-12/h1-7,9H,8H2,(H,17,21)(H,18,20)(H,19,22). The number of aromatic nitrogens is 3. The summed E-state index contributed by atoms with van der Waals surface area (Å²) in [4.78, 5) is 27.5. The Morgan fingerprint density at radius 2 is 1.91 bits per heavy atom. The Hall–Kier alpha value is -3.22. The number of fused-ring (bicyclic) bond motifs is 1. The number of nitrogens with zero attached hydrogens (tertiary/aromatic N) is 2. The first-order valence-electron chi connectivity index (χ1n) is 6.63. The van der Waals surface area contributed by atoms with E-state index in [-0.39, 0.29) is 6.54 Å². The average molecular weight is 295 g/mol. The van der Waals surface area contributed by atoms with Crippen LogP contribution in [-0.4, -0.2) is 27.0 Å². The monoisotopic (exact) mass is 295 g/mol. The Morgan fingerprint density at radius 3 is 2.73 bits per heavy atom. The van der Waals surface area contributed by atoms with Crippen LogP contribution in [0.5, 0.6) is 0 Å². The van der Waals surface area contributed by atoms with Crippen LogP contribution in [0, 0.1) is 0 Å². The second-order valence-corrected chi connectivity index (χ2v) is 4.66. The quantitative estimate of drug-likeness (QED) is 0.632. The molecule has 2 aromatic heterocycles. The topological polar surface area (TPSA) is 99.8 Å². The fraction of sp³-hybridized carbons (Fsp3) is 0.0667. The van der Waals surface area contributed by atoms with Gasteiger partial charge in [0.2, 0.25) is 0 Å². The number of carbonyl (C=O) groups excluding carboxylic acids is 2. The van der Waals surface area contributed by atoms with Crippen molar-refractivity contribution in [2.24, 2.45) is 0 Å². The fourth-order valence-corrected chi connectivity index (χ4v) is 1.97. The van der Waals surface area contributed by atoms with Crippen molar-refractivity contribution < 1.29 is 9.59 Å². The van der Waals surface area contributed by atoms with Crippen molar-refractivity contribution in [1.29, 1.82) is 0 Å². The molecular formula is C15H13N5O2. The number of aromatic amines is 1. The first kappa shape index (κ1) is 13.7. The maximum absolute atomic E-state index is 11.8. The van der Waals surface area contributed by atoms with Gasteiger partial charge in [-0.2, -0.15) is 5.10 Å². The van der Waals surface area contributed by atoms with Gasteiger partial charge < -0.3 is 10.6 Å². The lowest BCUT2D eigenvalue weighted by molar-refractivity contribution is -0.136. The maximum Gasteiger partial charge on any atom is 0.313 e. The van der Waals surface area contributed by atoms with Crippen molar-refractivity contribution in [3.63, 3.8) is 0 Å². The van der Waals surface area contributed by atoms with E-state index in [2.05, 4.69) is 25.8 Å². The number of carbonyl (C=O) groups is 2. The van der Waals surface area contributed by atoms with Crippen molar-refractivity contribution in [3.8, 4) is 0 Å². The van der Waals surface area contributed by atoms with Gasteiger partial charge in [-0.1, -0.05) is 0 Å². The zero-order valence-electron chi connectivity index (χ0n) is 11.5. The summed E-state index contributed by atoms with van der Waals surface area (Å²) in [5.41, 5.74) is 2.19. The maximum atomic E-state index is 11.8. The van der Waals surface area contributed by atoms with E-state index in [4.69, 9.17) is 0 Å². The van der Waals surface area contributed by atoms with Gasteiger partial charge in [0.1, 0.15) is 0 Å². The zero-order chi connectivity index (χ0) is 15.4. The molecule has 0 unspecified atom stereocenters. The van der Waals surface area contributed by atoms with Crippen molar-refractivity contribution in [2.45, 2.75) is 6.54 Å². The molecule has 3 N–H and O–H groups in total. The molecule has 0 atom stereocenters. The molecule has 0 bridgehead atoms. The minimum absolute atomic E-state index is 0.272. The summed E-state index contributed by atoms with van der Waals surface area (Å²) in [7, 11) is 0. The van der Waals surface area contributed by atoms with Crippen LogP contribution in [0.15, 0.2) is 48.9 Å². The normalized spacial score (nSPS) is 10.4. The van der Waals surface area contributed by atoms with Crippen molar-refractivity contribution in [2.75, 3.05) is 5.32 Å². The lowest BCUT2D eigenvalue weighted by Gasteiger charge is -2.06. The number of pyridine rings is 1. The van der Waals surface area contributed by atoms with E-state index in [1.165, 1.54) is 0 Å². The molecule has 7 nitrogen and oxygen atoms in total. The Labute approximate surface area is 125 Å². The molecule has 22 heavy (non-hydrogen) atoms. The fourth-order valence-electron chi connectivity index (χ4n) is 1.97. The molecule has 0 saturated carbocycles. The summed E-state index contributed by atoms with van der Waals surface area (Å²) in [6, 6.07) is 8.78. The molecule has 0 aliphatic carbocycles. The first-order chi connectivity index (χ1) is 10.7. The SMILES string of the molecule is O=C(NCc1ccncc1)C(=O)Nc1ccc2cn[nH]c2c1. The number of hydrogen-bond donors (Lipinski definition) is 3. The average Bonchev–Trinajstić information content (AvgIpc) is 3.01. The summed E-state index contributed by atoms with van der Waals surface area (Å²) in [6.07, 6.45) is 4.94. The van der Waals surface area contributed by atoms with E-state index in [9.17, 15) is 9.59 Å². The van der Waals surface area contributed by atoms with Crippen molar-refractivity contribution in [1.82, 2.24) is 20.5 Å². The van der Waals surface area contributed by atoms with Crippen LogP contribution in [0.2, 0.25) is 0 Å². The number of hydrogen-bond acceptors (Lipinski definition) is 4. The molecule has 0 fully saturated rings. The Balaban J connectivity index is 1.59. The van der Waals surface area contributed by atoms with Crippen LogP contribution in [-0.2, 0) is 16.1 Å². The van der Waals surface area contributed by atoms with E-state index in [0.29, 0.717) is 5.69 Å². The molecule has 0 radical (unpaired) electrons. The third-order valence-electron chi connectivity index (χ3n) is 3.11. The number of amides is 2. The lowest BCUT2D eigenvalue weighted by Crippen LogP contribution is -2.34. The number of H-pyrrole nitrogens is 1. The highest BCUT2D eigenvalue weighted by Crippen LogP contribution is 2.16. The van der Waals surface area contributed by atoms with Crippen LogP contribution < -0.4 is 10.6 Å². The van der Waals surface area contributed by atoms with Crippen LogP contribution >= 0.6 is 0 Å². The smallest absolute Gasteiger partial charge is 0.313 e. The van der Waals surface area contributed by atoms with Gasteiger partial charge in [0.25, 0.3) is 0 Å². The Morgan fingerprint density at radius 1 is 1.09 bits per heavy atom. The van der Waals surface area contributed by atoms with Crippen molar-refractivity contribution in [3.05, 3.63) is 54.5 Å². The number of rotatable bonds is 3. The summed E-state index contributed by atoms with van der Waals surface area (Å²) in [6.45, 7) is 0.272. The molecule has 110 valence electrons. The Kier molecular flexibility index (Phi) is 3.78. The molecule has 7 heteroatoms. The van der Waals surface area contributed by atoms with Gasteiger partial charge in [-0.15, -0.1) is 0 Å².